The molecule has 2 heterocycles. The molecule has 0 saturated carbocycles. The zero-order valence-corrected chi connectivity index (χ0v) is 17.8. The number of ether oxygens (including phenoxy) is 2. The number of hydrogen-bond acceptors (Lipinski definition) is 4. The molecular formula is C24H22ClN3O3. The molecule has 158 valence electrons. The first-order valence-electron chi connectivity index (χ1n) is 9.88. The molecule has 0 aliphatic heterocycles. The molecular weight excluding hydrogens is 414 g/mol. The fourth-order valence-electron chi connectivity index (χ4n) is 3.21. The number of nitrogens with one attached hydrogen (secondary N) is 1. The molecule has 1 N–H and O–H groups in total. The Morgan fingerprint density at radius 1 is 1.10 bits per heavy atom. The van der Waals surface area contributed by atoms with E-state index in [0.717, 1.165) is 16.9 Å². The largest absolute Gasteiger partial charge is 0.493 e. The summed E-state index contributed by atoms with van der Waals surface area (Å²) in [5.74, 6) is 1.05. The molecule has 0 fully saturated rings. The van der Waals surface area contributed by atoms with Gasteiger partial charge in [-0.1, -0.05) is 29.8 Å². The molecule has 0 bridgehead atoms. The minimum absolute atomic E-state index is 0.0774. The maximum Gasteiger partial charge on any atom is 0.224 e. The van der Waals surface area contributed by atoms with E-state index < -0.39 is 0 Å². The number of nitrogens with zero attached hydrogens (tertiary/aromatic N) is 2. The Morgan fingerprint density at radius 2 is 1.94 bits per heavy atom. The lowest BCUT2D eigenvalue weighted by Gasteiger charge is -2.12. The van der Waals surface area contributed by atoms with Crippen LogP contribution < -0.4 is 14.8 Å². The number of aromatic nitrogens is 2. The number of methoxy groups -OCH3 is 1. The third-order valence-corrected chi connectivity index (χ3v) is 5.04. The van der Waals surface area contributed by atoms with Crippen molar-refractivity contribution in [1.82, 2.24) is 9.38 Å². The third kappa shape index (κ3) is 5.35. The number of pyridine rings is 1. The number of halogens is 1. The van der Waals surface area contributed by atoms with Crippen LogP contribution in [0.4, 0.5) is 5.69 Å². The van der Waals surface area contributed by atoms with Crippen molar-refractivity contribution < 1.29 is 14.3 Å². The summed E-state index contributed by atoms with van der Waals surface area (Å²) in [6.45, 7) is 0.284. The number of carbonyl (C=O) groups is 1. The van der Waals surface area contributed by atoms with Crippen molar-refractivity contribution in [2.24, 2.45) is 0 Å². The van der Waals surface area contributed by atoms with Gasteiger partial charge >= 0.3 is 0 Å². The summed E-state index contributed by atoms with van der Waals surface area (Å²) in [5.41, 5.74) is 3.36. The average Bonchev–Trinajstić information content (AvgIpc) is 3.20. The Bertz CT molecular complexity index is 1160. The topological polar surface area (TPSA) is 64.9 Å². The average molecular weight is 436 g/mol. The van der Waals surface area contributed by atoms with Gasteiger partial charge in [-0.15, -0.1) is 0 Å². The number of fused-ring (bicyclic) bond motifs is 1. The van der Waals surface area contributed by atoms with E-state index in [4.69, 9.17) is 21.1 Å². The van der Waals surface area contributed by atoms with Crippen LogP contribution in [0.1, 0.15) is 17.7 Å². The molecule has 2 aromatic carbocycles. The third-order valence-electron chi connectivity index (χ3n) is 4.79. The fourth-order valence-corrected chi connectivity index (χ4v) is 3.33. The van der Waals surface area contributed by atoms with Crippen LogP contribution in [-0.2, 0) is 17.8 Å². The van der Waals surface area contributed by atoms with Gasteiger partial charge in [-0.3, -0.25) is 4.79 Å². The second-order valence-corrected chi connectivity index (χ2v) is 7.46. The summed E-state index contributed by atoms with van der Waals surface area (Å²) in [7, 11) is 1.58. The minimum Gasteiger partial charge on any atom is -0.493 e. The second-order valence-electron chi connectivity index (χ2n) is 7.03. The highest BCUT2D eigenvalue weighted by molar-refractivity contribution is 6.30. The molecule has 4 rings (SSSR count). The Morgan fingerprint density at radius 3 is 2.71 bits per heavy atom. The van der Waals surface area contributed by atoms with Crippen LogP contribution in [-0.4, -0.2) is 22.4 Å². The Kier molecular flexibility index (Phi) is 6.38. The number of benzene rings is 2. The van der Waals surface area contributed by atoms with Gasteiger partial charge in [0.1, 0.15) is 12.3 Å². The van der Waals surface area contributed by atoms with E-state index in [9.17, 15) is 4.79 Å². The minimum atomic E-state index is -0.0774. The van der Waals surface area contributed by atoms with E-state index in [-0.39, 0.29) is 12.5 Å². The van der Waals surface area contributed by atoms with Crippen LogP contribution in [0.15, 0.2) is 73.1 Å². The van der Waals surface area contributed by atoms with Crippen molar-refractivity contribution in [3.05, 3.63) is 89.3 Å². The SMILES string of the molecule is COc1ccc(NC(=O)CCc2ccc(Cl)cc2)cc1OCc1cn2ccccc2n1. The molecule has 0 atom stereocenters. The lowest BCUT2D eigenvalue weighted by Crippen LogP contribution is -2.12. The van der Waals surface area contributed by atoms with Gasteiger partial charge in [-0.2, -0.15) is 0 Å². The number of carbonyl (C=O) groups excluding carboxylic acids is 1. The van der Waals surface area contributed by atoms with Gasteiger partial charge in [0.15, 0.2) is 11.5 Å². The van der Waals surface area contributed by atoms with Gasteiger partial charge in [0.05, 0.1) is 12.8 Å². The highest BCUT2D eigenvalue weighted by atomic mass is 35.5. The standard InChI is InChI=1S/C24H22ClN3O3/c1-30-21-11-10-19(27-24(29)12-7-17-5-8-18(25)9-6-17)14-22(21)31-16-20-15-28-13-3-2-4-23(28)26-20/h2-6,8-11,13-15H,7,12,16H2,1H3,(H,27,29). The Balaban J connectivity index is 1.39. The summed E-state index contributed by atoms with van der Waals surface area (Å²) < 4.78 is 13.3. The van der Waals surface area contributed by atoms with E-state index in [1.165, 1.54) is 0 Å². The molecule has 0 spiro atoms. The smallest absolute Gasteiger partial charge is 0.224 e. The molecule has 0 aliphatic rings. The second kappa shape index (κ2) is 9.53. The van der Waals surface area contributed by atoms with E-state index in [2.05, 4.69) is 10.3 Å². The van der Waals surface area contributed by atoms with E-state index in [1.807, 2.05) is 59.3 Å². The van der Waals surface area contributed by atoms with Crippen molar-refractivity contribution in [1.29, 1.82) is 0 Å². The van der Waals surface area contributed by atoms with Crippen molar-refractivity contribution in [3.8, 4) is 11.5 Å². The molecule has 31 heavy (non-hydrogen) atoms. The molecule has 2 aromatic heterocycles. The van der Waals surface area contributed by atoms with Gasteiger partial charge in [0.25, 0.3) is 0 Å². The van der Waals surface area contributed by atoms with Crippen molar-refractivity contribution in [2.45, 2.75) is 19.4 Å². The predicted molar refractivity (Wildman–Crippen MR) is 121 cm³/mol. The van der Waals surface area contributed by atoms with E-state index in [0.29, 0.717) is 35.1 Å². The predicted octanol–water partition coefficient (Wildman–Crippen LogP) is 5.15. The molecule has 0 aliphatic carbocycles. The highest BCUT2D eigenvalue weighted by Crippen LogP contribution is 2.31. The molecule has 0 unspecified atom stereocenters. The molecule has 4 aromatic rings. The first kappa shape index (κ1) is 20.8. The van der Waals surface area contributed by atoms with Gasteiger partial charge in [0, 0.05) is 35.6 Å². The molecule has 7 heteroatoms. The quantitative estimate of drug-likeness (QED) is 0.416. The zero-order valence-electron chi connectivity index (χ0n) is 17.0. The van der Waals surface area contributed by atoms with Crippen molar-refractivity contribution in [3.63, 3.8) is 0 Å². The number of imidazole rings is 1. The van der Waals surface area contributed by atoms with E-state index >= 15 is 0 Å². The maximum absolute atomic E-state index is 12.4. The number of amides is 1. The number of anilines is 1. The maximum atomic E-state index is 12.4. The summed E-state index contributed by atoms with van der Waals surface area (Å²) >= 11 is 5.90. The number of aryl methyl sites for hydroxylation is 1. The molecule has 6 nitrogen and oxygen atoms in total. The van der Waals surface area contributed by atoms with Crippen LogP contribution in [0.2, 0.25) is 5.02 Å². The molecule has 0 saturated heterocycles. The number of hydrogen-bond donors (Lipinski definition) is 1. The summed E-state index contributed by atoms with van der Waals surface area (Å²) in [6, 6.07) is 18.6. The molecule has 1 amide bonds. The van der Waals surface area contributed by atoms with E-state index in [1.54, 1.807) is 25.3 Å². The van der Waals surface area contributed by atoms with Crippen LogP contribution in [0.5, 0.6) is 11.5 Å². The van der Waals surface area contributed by atoms with Gasteiger partial charge in [-0.05, 0) is 48.4 Å². The van der Waals surface area contributed by atoms with Crippen LogP contribution in [0.25, 0.3) is 5.65 Å². The van der Waals surface area contributed by atoms with Gasteiger partial charge in [0.2, 0.25) is 5.91 Å². The Labute approximate surface area is 185 Å². The van der Waals surface area contributed by atoms with Crippen molar-refractivity contribution >= 4 is 28.8 Å². The zero-order chi connectivity index (χ0) is 21.6. The Hall–Kier alpha value is -3.51. The van der Waals surface area contributed by atoms with Gasteiger partial charge < -0.3 is 19.2 Å². The lowest BCUT2D eigenvalue weighted by atomic mass is 10.1. The summed E-state index contributed by atoms with van der Waals surface area (Å²) in [5, 5.41) is 3.60. The van der Waals surface area contributed by atoms with Crippen LogP contribution >= 0.6 is 11.6 Å². The first-order chi connectivity index (χ1) is 15.1. The fraction of sp³-hybridized carbons (Fsp3) is 0.167. The first-order valence-corrected chi connectivity index (χ1v) is 10.3. The normalized spacial score (nSPS) is 10.8. The monoisotopic (exact) mass is 435 g/mol. The van der Waals surface area contributed by atoms with Crippen LogP contribution in [0.3, 0.4) is 0 Å². The summed E-state index contributed by atoms with van der Waals surface area (Å²) in [4.78, 5) is 16.9. The van der Waals surface area contributed by atoms with Gasteiger partial charge in [-0.25, -0.2) is 4.98 Å². The number of rotatable bonds is 8. The van der Waals surface area contributed by atoms with Crippen LogP contribution in [0, 0.1) is 0 Å². The van der Waals surface area contributed by atoms with Crippen molar-refractivity contribution in [2.75, 3.05) is 12.4 Å². The summed E-state index contributed by atoms with van der Waals surface area (Å²) in [6.07, 6.45) is 4.86. The lowest BCUT2D eigenvalue weighted by molar-refractivity contribution is -0.116. The highest BCUT2D eigenvalue weighted by Gasteiger charge is 2.10. The molecule has 0 radical (unpaired) electrons.